The van der Waals surface area contributed by atoms with E-state index in [9.17, 15) is 4.79 Å². The van der Waals surface area contributed by atoms with Crippen molar-refractivity contribution in [1.29, 1.82) is 5.41 Å². The van der Waals surface area contributed by atoms with Crippen LogP contribution in [0, 0.1) is 10.0 Å². The SMILES string of the molecule is N=Cc1c(N)ccn(C(C(=O)N2CCN(c3ccccc3)CC2)c2ccccc2)c1=S. The molecule has 6 nitrogen and oxygen atoms in total. The number of piperazine rings is 1. The molecule has 1 saturated heterocycles. The molecule has 4 rings (SSSR count). The van der Waals surface area contributed by atoms with E-state index >= 15 is 0 Å². The van der Waals surface area contributed by atoms with Crippen LogP contribution in [0.5, 0.6) is 0 Å². The Kier molecular flexibility index (Phi) is 6.13. The van der Waals surface area contributed by atoms with Gasteiger partial charge >= 0.3 is 0 Å². The predicted octanol–water partition coefficient (Wildman–Crippen LogP) is 3.74. The van der Waals surface area contributed by atoms with Crippen LogP contribution >= 0.6 is 12.2 Å². The molecule has 2 aromatic carbocycles. The van der Waals surface area contributed by atoms with Gasteiger partial charge < -0.3 is 25.5 Å². The van der Waals surface area contributed by atoms with Gasteiger partial charge in [0.1, 0.15) is 10.7 Å². The normalized spacial score (nSPS) is 14.8. The zero-order valence-electron chi connectivity index (χ0n) is 17.1. The van der Waals surface area contributed by atoms with Crippen molar-refractivity contribution >= 4 is 35.7 Å². The molecule has 3 N–H and O–H groups in total. The summed E-state index contributed by atoms with van der Waals surface area (Å²) in [6.07, 6.45) is 2.90. The standard InChI is InChI=1S/C24H25N5OS/c25-17-20-21(26)11-12-29(24(20)31)22(18-7-3-1-4-8-18)23(30)28-15-13-27(14-16-28)19-9-5-2-6-10-19/h1-12,17,22,25H,13-16,26H2. The Balaban J connectivity index is 1.64. The number of nitrogen functional groups attached to an aromatic ring is 1. The summed E-state index contributed by atoms with van der Waals surface area (Å²) in [7, 11) is 0. The molecule has 1 aromatic heterocycles. The Hall–Kier alpha value is -3.45. The molecule has 1 unspecified atom stereocenters. The highest BCUT2D eigenvalue weighted by Crippen LogP contribution is 2.25. The molecule has 3 aromatic rings. The first kappa shape index (κ1) is 20.8. The lowest BCUT2D eigenvalue weighted by Gasteiger charge is -2.38. The number of pyridine rings is 1. The van der Waals surface area contributed by atoms with E-state index in [0.29, 0.717) is 29.0 Å². The van der Waals surface area contributed by atoms with Crippen LogP contribution in [-0.4, -0.2) is 47.8 Å². The van der Waals surface area contributed by atoms with Gasteiger partial charge in [0, 0.05) is 50.0 Å². The van der Waals surface area contributed by atoms with Gasteiger partial charge in [0.15, 0.2) is 0 Å². The lowest BCUT2D eigenvalue weighted by atomic mass is 10.0. The van der Waals surface area contributed by atoms with Gasteiger partial charge in [-0.05, 0) is 23.8 Å². The van der Waals surface area contributed by atoms with Gasteiger partial charge in [-0.25, -0.2) is 0 Å². The number of nitrogens with zero attached hydrogens (tertiary/aromatic N) is 3. The Morgan fingerprint density at radius 3 is 2.19 bits per heavy atom. The van der Waals surface area contributed by atoms with E-state index in [1.165, 1.54) is 5.69 Å². The van der Waals surface area contributed by atoms with Gasteiger partial charge in [0.05, 0.1) is 5.56 Å². The summed E-state index contributed by atoms with van der Waals surface area (Å²) in [6.45, 7) is 2.82. The molecule has 0 spiro atoms. The first-order valence-corrected chi connectivity index (χ1v) is 10.7. The number of anilines is 2. The molecule has 0 radical (unpaired) electrons. The van der Waals surface area contributed by atoms with Gasteiger partial charge in [-0.15, -0.1) is 0 Å². The van der Waals surface area contributed by atoms with Crippen LogP contribution < -0.4 is 10.6 Å². The lowest BCUT2D eigenvalue weighted by molar-refractivity contribution is -0.133. The second kappa shape index (κ2) is 9.14. The number of hydrogen-bond donors (Lipinski definition) is 2. The van der Waals surface area contributed by atoms with Crippen LogP contribution in [0.15, 0.2) is 72.9 Å². The molecule has 0 bridgehead atoms. The quantitative estimate of drug-likeness (QED) is 0.477. The lowest BCUT2D eigenvalue weighted by Crippen LogP contribution is -2.50. The minimum absolute atomic E-state index is 0.00397. The average molecular weight is 432 g/mol. The molecule has 31 heavy (non-hydrogen) atoms. The van der Waals surface area contributed by atoms with Crippen LogP contribution in [0.25, 0.3) is 0 Å². The van der Waals surface area contributed by atoms with E-state index in [0.717, 1.165) is 24.9 Å². The third-order valence-electron chi connectivity index (χ3n) is 5.68. The Morgan fingerprint density at radius 1 is 0.968 bits per heavy atom. The number of hydrogen-bond acceptors (Lipinski definition) is 5. The molecular weight excluding hydrogens is 406 g/mol. The van der Waals surface area contributed by atoms with Crippen molar-refractivity contribution in [2.45, 2.75) is 6.04 Å². The van der Waals surface area contributed by atoms with Crippen LogP contribution in [0.2, 0.25) is 0 Å². The molecule has 1 atom stereocenters. The molecular formula is C24H25N5OS. The molecule has 158 valence electrons. The van der Waals surface area contributed by atoms with Crippen molar-refractivity contribution in [2.24, 2.45) is 0 Å². The summed E-state index contributed by atoms with van der Waals surface area (Å²) in [4.78, 5) is 17.9. The minimum atomic E-state index is -0.601. The monoisotopic (exact) mass is 431 g/mol. The third-order valence-corrected chi connectivity index (χ3v) is 6.11. The largest absolute Gasteiger partial charge is 0.398 e. The molecule has 1 amide bonds. The van der Waals surface area contributed by atoms with Crippen molar-refractivity contribution in [3.05, 3.63) is 88.7 Å². The van der Waals surface area contributed by atoms with Gasteiger partial charge in [-0.1, -0.05) is 60.7 Å². The number of amides is 1. The average Bonchev–Trinajstić information content (AvgIpc) is 2.82. The second-order valence-corrected chi connectivity index (χ2v) is 7.89. The zero-order chi connectivity index (χ0) is 21.8. The smallest absolute Gasteiger partial charge is 0.250 e. The molecule has 1 aliphatic rings. The number of aromatic nitrogens is 1. The van der Waals surface area contributed by atoms with Gasteiger partial charge in [-0.2, -0.15) is 0 Å². The Bertz CT molecular complexity index is 1120. The fraction of sp³-hybridized carbons (Fsp3) is 0.208. The first-order chi connectivity index (χ1) is 15.1. The maximum Gasteiger partial charge on any atom is 0.250 e. The number of nitrogens with one attached hydrogen (secondary N) is 1. The molecule has 1 fully saturated rings. The fourth-order valence-corrected chi connectivity index (χ4v) is 4.33. The van der Waals surface area contributed by atoms with Crippen molar-refractivity contribution < 1.29 is 4.79 Å². The first-order valence-electron chi connectivity index (χ1n) is 10.2. The number of rotatable bonds is 5. The molecule has 2 heterocycles. The molecule has 0 saturated carbocycles. The maximum atomic E-state index is 13.7. The summed E-state index contributed by atoms with van der Waals surface area (Å²) < 4.78 is 2.15. The van der Waals surface area contributed by atoms with E-state index in [1.54, 1.807) is 16.8 Å². The van der Waals surface area contributed by atoms with E-state index in [-0.39, 0.29) is 5.91 Å². The van der Waals surface area contributed by atoms with E-state index in [4.69, 9.17) is 23.4 Å². The number of benzene rings is 2. The Morgan fingerprint density at radius 2 is 1.58 bits per heavy atom. The van der Waals surface area contributed by atoms with Crippen LogP contribution in [0.3, 0.4) is 0 Å². The number of nitrogens with two attached hydrogens (primary N) is 1. The Labute approximate surface area is 187 Å². The van der Waals surface area contributed by atoms with Gasteiger partial charge in [0.2, 0.25) is 5.91 Å². The number of carbonyl (C=O) groups is 1. The van der Waals surface area contributed by atoms with E-state index < -0.39 is 6.04 Å². The maximum absolute atomic E-state index is 13.7. The topological polar surface area (TPSA) is 78.3 Å². The summed E-state index contributed by atoms with van der Waals surface area (Å²) in [5.74, 6) is -0.00397. The fourth-order valence-electron chi connectivity index (χ4n) is 3.98. The van der Waals surface area contributed by atoms with Crippen molar-refractivity contribution in [3.8, 4) is 0 Å². The molecule has 0 aliphatic carbocycles. The summed E-state index contributed by atoms with van der Waals surface area (Å²) in [5, 5.41) is 7.69. The van der Waals surface area contributed by atoms with Gasteiger partial charge in [0.25, 0.3) is 0 Å². The summed E-state index contributed by atoms with van der Waals surface area (Å²) >= 11 is 5.61. The second-order valence-electron chi connectivity index (χ2n) is 7.50. The van der Waals surface area contributed by atoms with E-state index in [1.807, 2.05) is 53.4 Å². The van der Waals surface area contributed by atoms with Crippen LogP contribution in [-0.2, 0) is 4.79 Å². The van der Waals surface area contributed by atoms with Crippen molar-refractivity contribution in [3.63, 3.8) is 0 Å². The molecule has 7 heteroatoms. The van der Waals surface area contributed by atoms with Crippen LogP contribution in [0.4, 0.5) is 11.4 Å². The predicted molar refractivity (Wildman–Crippen MR) is 127 cm³/mol. The van der Waals surface area contributed by atoms with Gasteiger partial charge in [-0.3, -0.25) is 4.79 Å². The highest BCUT2D eigenvalue weighted by atomic mass is 32.1. The van der Waals surface area contributed by atoms with Crippen molar-refractivity contribution in [2.75, 3.05) is 36.8 Å². The number of carbonyl (C=O) groups excluding carboxylic acids is 1. The minimum Gasteiger partial charge on any atom is -0.398 e. The zero-order valence-corrected chi connectivity index (χ0v) is 18.0. The summed E-state index contributed by atoms with van der Waals surface area (Å²) in [5.41, 5.74) is 8.92. The van der Waals surface area contributed by atoms with Crippen molar-refractivity contribution in [1.82, 2.24) is 9.47 Å². The summed E-state index contributed by atoms with van der Waals surface area (Å²) in [6, 6.07) is 21.0. The third kappa shape index (κ3) is 4.22. The molecule has 1 aliphatic heterocycles. The van der Waals surface area contributed by atoms with Crippen LogP contribution in [0.1, 0.15) is 17.2 Å². The van der Waals surface area contributed by atoms with E-state index in [2.05, 4.69) is 17.0 Å². The highest BCUT2D eigenvalue weighted by Gasteiger charge is 2.30. The number of para-hydroxylation sites is 1. The highest BCUT2D eigenvalue weighted by molar-refractivity contribution is 7.71.